The molecule has 3 rings (SSSR count). The zero-order valence-corrected chi connectivity index (χ0v) is 23.8. The van der Waals surface area contributed by atoms with Gasteiger partial charge in [0.25, 0.3) is 5.91 Å². The van der Waals surface area contributed by atoms with E-state index in [9.17, 15) is 14.4 Å². The first-order valence-corrected chi connectivity index (χ1v) is 12.7. The van der Waals surface area contributed by atoms with E-state index in [0.29, 0.717) is 27.9 Å². The first-order chi connectivity index (χ1) is 18.5. The number of amides is 2. The molecule has 11 nitrogen and oxygen atoms in total. The van der Waals surface area contributed by atoms with Gasteiger partial charge in [-0.25, -0.2) is 9.59 Å². The van der Waals surface area contributed by atoms with Crippen LogP contribution < -0.4 is 15.5 Å². The molecule has 2 amide bonds. The molecular weight excluding hydrogens is 518 g/mol. The number of nitrogens with one attached hydrogen (secondary N) is 3. The highest BCUT2D eigenvalue weighted by molar-refractivity contribution is 6.05. The maximum absolute atomic E-state index is 12.7. The number of rotatable bonds is 11. The number of carboxylic acid groups (broad SMARTS) is 1. The molecule has 1 heterocycles. The van der Waals surface area contributed by atoms with Crippen molar-refractivity contribution in [1.29, 1.82) is 0 Å². The van der Waals surface area contributed by atoms with Crippen LogP contribution in [-0.2, 0) is 14.3 Å². The van der Waals surface area contributed by atoms with Crippen LogP contribution in [0.3, 0.4) is 0 Å². The van der Waals surface area contributed by atoms with Crippen molar-refractivity contribution in [3.63, 3.8) is 0 Å². The summed E-state index contributed by atoms with van der Waals surface area (Å²) in [7, 11) is 0. The van der Waals surface area contributed by atoms with E-state index in [1.807, 2.05) is 27.7 Å². The fraction of sp³-hybridized carbons (Fsp3) is 0.414. The van der Waals surface area contributed by atoms with Gasteiger partial charge in [-0.3, -0.25) is 9.63 Å². The molecule has 0 saturated carbocycles. The SMILES string of the molecule is CC(C)(C)OC(=O)NOCC(C)(C)OCC(C)(C)Oc1ccc(C(=O)Nc2ccc3[nH]c(C(=O)O)cc3c2)cc1. The zero-order valence-electron chi connectivity index (χ0n) is 23.8. The highest BCUT2D eigenvalue weighted by atomic mass is 16.7. The van der Waals surface area contributed by atoms with Crippen molar-refractivity contribution in [2.45, 2.75) is 65.3 Å². The summed E-state index contributed by atoms with van der Waals surface area (Å²) < 4.78 is 17.2. The molecule has 0 aliphatic carbocycles. The molecule has 0 atom stereocenters. The zero-order chi connectivity index (χ0) is 29.7. The normalized spacial score (nSPS) is 12.2. The van der Waals surface area contributed by atoms with Gasteiger partial charge >= 0.3 is 12.1 Å². The molecule has 0 bridgehead atoms. The fourth-order valence-corrected chi connectivity index (χ4v) is 3.53. The molecule has 1 aromatic heterocycles. The van der Waals surface area contributed by atoms with E-state index in [1.54, 1.807) is 63.2 Å². The minimum atomic E-state index is -1.05. The fourth-order valence-electron chi connectivity index (χ4n) is 3.53. The summed E-state index contributed by atoms with van der Waals surface area (Å²) in [5, 5.41) is 12.6. The Bertz CT molecular complexity index is 1350. The second-order valence-electron chi connectivity index (χ2n) is 11.6. The second-order valence-corrected chi connectivity index (χ2v) is 11.6. The van der Waals surface area contributed by atoms with Gasteiger partial charge in [-0.2, -0.15) is 5.48 Å². The van der Waals surface area contributed by atoms with Crippen molar-refractivity contribution in [1.82, 2.24) is 10.5 Å². The van der Waals surface area contributed by atoms with Crippen LogP contribution in [0.15, 0.2) is 48.5 Å². The van der Waals surface area contributed by atoms with E-state index in [0.717, 1.165) is 0 Å². The lowest BCUT2D eigenvalue weighted by molar-refractivity contribution is -0.128. The third-order valence-corrected chi connectivity index (χ3v) is 5.40. The molecule has 0 spiro atoms. The number of aromatic nitrogens is 1. The maximum Gasteiger partial charge on any atom is 0.431 e. The van der Waals surface area contributed by atoms with Crippen LogP contribution in [0.5, 0.6) is 5.75 Å². The summed E-state index contributed by atoms with van der Waals surface area (Å²) in [5.74, 6) is -0.811. The Labute approximate surface area is 233 Å². The van der Waals surface area contributed by atoms with Gasteiger partial charge in [-0.15, -0.1) is 0 Å². The van der Waals surface area contributed by atoms with Gasteiger partial charge in [-0.05, 0) is 97.0 Å². The highest BCUT2D eigenvalue weighted by Gasteiger charge is 2.28. The Morgan fingerprint density at radius 2 is 1.55 bits per heavy atom. The van der Waals surface area contributed by atoms with Crippen LogP contribution in [0.25, 0.3) is 10.9 Å². The molecule has 0 saturated heterocycles. The third kappa shape index (κ3) is 9.28. The number of fused-ring (bicyclic) bond motifs is 1. The molecule has 0 unspecified atom stereocenters. The first kappa shape index (κ1) is 30.5. The molecule has 0 aliphatic rings. The quantitative estimate of drug-likeness (QED) is 0.226. The van der Waals surface area contributed by atoms with Crippen molar-refractivity contribution in [3.8, 4) is 5.75 Å². The molecule has 0 fully saturated rings. The van der Waals surface area contributed by atoms with Gasteiger partial charge < -0.3 is 29.6 Å². The Kier molecular flexibility index (Phi) is 9.11. The number of carboxylic acids is 1. The second kappa shape index (κ2) is 12.0. The number of anilines is 1. The lowest BCUT2D eigenvalue weighted by atomic mass is 10.1. The maximum atomic E-state index is 12.7. The van der Waals surface area contributed by atoms with Crippen LogP contribution in [0.1, 0.15) is 69.3 Å². The lowest BCUT2D eigenvalue weighted by Gasteiger charge is -2.32. The van der Waals surface area contributed by atoms with Crippen LogP contribution in [0.4, 0.5) is 10.5 Å². The lowest BCUT2D eigenvalue weighted by Crippen LogP contribution is -2.42. The number of ether oxygens (including phenoxy) is 3. The van der Waals surface area contributed by atoms with Gasteiger partial charge in [0.15, 0.2) is 0 Å². The predicted molar refractivity (Wildman–Crippen MR) is 150 cm³/mol. The topological polar surface area (TPSA) is 148 Å². The summed E-state index contributed by atoms with van der Waals surface area (Å²) in [4.78, 5) is 43.7. The Balaban J connectivity index is 1.50. The van der Waals surface area contributed by atoms with E-state index >= 15 is 0 Å². The molecular formula is C29H37N3O8. The summed E-state index contributed by atoms with van der Waals surface area (Å²) in [5.41, 5.74) is 1.90. The first-order valence-electron chi connectivity index (χ1n) is 12.7. The summed E-state index contributed by atoms with van der Waals surface area (Å²) in [6.07, 6.45) is -0.680. The number of carbonyl (C=O) groups is 3. The smallest absolute Gasteiger partial charge is 0.431 e. The number of benzene rings is 2. The van der Waals surface area contributed by atoms with Crippen molar-refractivity contribution in [2.75, 3.05) is 18.5 Å². The standard InChI is InChI=1S/C29H37N3O8/c1-27(2,3)40-26(36)32-38-17-28(4,5)37-16-29(6,7)39-21-11-8-18(9-12-21)24(33)30-20-10-13-22-19(14-20)15-23(31-22)25(34)35/h8-15,31H,16-17H2,1-7H3,(H,30,33)(H,32,36)(H,34,35). The van der Waals surface area contributed by atoms with Crippen LogP contribution in [0.2, 0.25) is 0 Å². The van der Waals surface area contributed by atoms with Crippen molar-refractivity contribution < 1.29 is 38.5 Å². The molecule has 216 valence electrons. The van der Waals surface area contributed by atoms with Crippen LogP contribution in [-0.4, -0.2) is 58.1 Å². The Morgan fingerprint density at radius 1 is 0.875 bits per heavy atom. The minimum Gasteiger partial charge on any atom is -0.485 e. The summed E-state index contributed by atoms with van der Waals surface area (Å²) in [6, 6.07) is 13.3. The van der Waals surface area contributed by atoms with Crippen molar-refractivity contribution >= 4 is 34.6 Å². The average Bonchev–Trinajstić information content (AvgIpc) is 3.26. The monoisotopic (exact) mass is 555 g/mol. The largest absolute Gasteiger partial charge is 0.485 e. The van der Waals surface area contributed by atoms with Crippen LogP contribution >= 0.6 is 0 Å². The molecule has 0 radical (unpaired) electrons. The van der Waals surface area contributed by atoms with Gasteiger partial charge in [0.05, 0.1) is 12.2 Å². The van der Waals surface area contributed by atoms with Gasteiger partial charge in [-0.1, -0.05) is 0 Å². The summed E-state index contributed by atoms with van der Waals surface area (Å²) >= 11 is 0. The minimum absolute atomic E-state index is 0.0782. The number of H-pyrrole nitrogens is 1. The van der Waals surface area contributed by atoms with E-state index in [1.165, 1.54) is 6.07 Å². The van der Waals surface area contributed by atoms with E-state index in [-0.39, 0.29) is 24.8 Å². The molecule has 4 N–H and O–H groups in total. The van der Waals surface area contributed by atoms with E-state index in [2.05, 4.69) is 15.8 Å². The molecule has 11 heteroatoms. The number of hydrogen-bond acceptors (Lipinski definition) is 7. The molecule has 40 heavy (non-hydrogen) atoms. The third-order valence-electron chi connectivity index (χ3n) is 5.40. The number of hydrogen-bond donors (Lipinski definition) is 4. The Morgan fingerprint density at radius 3 is 2.17 bits per heavy atom. The highest BCUT2D eigenvalue weighted by Crippen LogP contribution is 2.24. The van der Waals surface area contributed by atoms with Gasteiger partial charge in [0.2, 0.25) is 0 Å². The van der Waals surface area contributed by atoms with Gasteiger partial charge in [0.1, 0.15) is 29.3 Å². The van der Waals surface area contributed by atoms with Gasteiger partial charge in [0, 0.05) is 22.2 Å². The molecule has 3 aromatic rings. The van der Waals surface area contributed by atoms with Crippen LogP contribution in [0, 0.1) is 0 Å². The number of aromatic carboxylic acids is 1. The molecule has 0 aliphatic heterocycles. The van der Waals surface area contributed by atoms with E-state index < -0.39 is 28.9 Å². The Hall–Kier alpha value is -4.09. The van der Waals surface area contributed by atoms with Crippen molar-refractivity contribution in [3.05, 3.63) is 59.8 Å². The number of carbonyl (C=O) groups excluding carboxylic acids is 2. The van der Waals surface area contributed by atoms with E-state index in [4.69, 9.17) is 24.2 Å². The van der Waals surface area contributed by atoms with Crippen molar-refractivity contribution in [2.24, 2.45) is 0 Å². The molecule has 2 aromatic carbocycles. The predicted octanol–water partition coefficient (Wildman–Crippen LogP) is 5.53. The summed E-state index contributed by atoms with van der Waals surface area (Å²) in [6.45, 7) is 13.0. The number of hydroxylamine groups is 1. The average molecular weight is 556 g/mol. The number of aromatic amines is 1.